The summed E-state index contributed by atoms with van der Waals surface area (Å²) in [5.41, 5.74) is 5.01. The van der Waals surface area contributed by atoms with Crippen LogP contribution < -0.4 is 9.64 Å². The second-order valence-corrected chi connectivity index (χ2v) is 10.3. The molecule has 5 rings (SSSR count). The first-order valence-electron chi connectivity index (χ1n) is 15.1. The van der Waals surface area contributed by atoms with E-state index in [-0.39, 0.29) is 11.8 Å². The molecule has 2 aliphatic heterocycles. The minimum absolute atomic E-state index is 0.0147. The minimum Gasteiger partial charge on any atom is -0.495 e. The van der Waals surface area contributed by atoms with Crippen molar-refractivity contribution >= 4 is 29.7 Å². The number of nitrogens with zero attached hydrogens (tertiary/aromatic N) is 3. The van der Waals surface area contributed by atoms with E-state index < -0.39 is 12.0 Å². The third-order valence-corrected chi connectivity index (χ3v) is 8.10. The van der Waals surface area contributed by atoms with Crippen LogP contribution in [-0.2, 0) is 9.53 Å². The average Bonchev–Trinajstić information content (AvgIpc) is 3.47. The molecule has 0 bridgehead atoms. The number of piperazine rings is 1. The molecule has 2 aromatic carbocycles. The number of allylic oxidation sites excluding steroid dienone is 1. The van der Waals surface area contributed by atoms with Gasteiger partial charge in [-0.05, 0) is 36.8 Å². The van der Waals surface area contributed by atoms with Gasteiger partial charge in [-0.3, -0.25) is 9.59 Å². The van der Waals surface area contributed by atoms with Gasteiger partial charge in [-0.2, -0.15) is 0 Å². The number of aromatic amines is 1. The number of rotatable bonds is 9. The number of ether oxygens (including phenoxy) is 2. The maximum Gasteiger partial charge on any atom is 0.254 e. The summed E-state index contributed by atoms with van der Waals surface area (Å²) < 4.78 is 11.0. The molecule has 0 saturated carbocycles. The predicted octanol–water partition coefficient (Wildman–Crippen LogP) is 6.00. The number of fused-ring (bicyclic) bond motifs is 1. The second kappa shape index (κ2) is 14.7. The molecule has 3 heterocycles. The van der Waals surface area contributed by atoms with Crippen molar-refractivity contribution in [1.82, 2.24) is 14.8 Å². The van der Waals surface area contributed by atoms with E-state index in [2.05, 4.69) is 16.5 Å². The smallest absolute Gasteiger partial charge is 0.254 e. The molecule has 8 nitrogen and oxygen atoms in total. The zero-order chi connectivity index (χ0) is 30.9. The fourth-order valence-corrected chi connectivity index (χ4v) is 6.14. The Bertz CT molecular complexity index is 1440. The van der Waals surface area contributed by atoms with Gasteiger partial charge in [-0.25, -0.2) is 0 Å². The maximum atomic E-state index is 14.6. The van der Waals surface area contributed by atoms with Gasteiger partial charge in [0.05, 0.1) is 31.4 Å². The monoisotopic (exact) mass is 584 g/mol. The number of hydrogen-bond acceptors (Lipinski definition) is 5. The first-order chi connectivity index (χ1) is 21.0. The Labute approximate surface area is 255 Å². The van der Waals surface area contributed by atoms with Crippen LogP contribution in [0.4, 0.5) is 5.69 Å². The molecule has 8 heteroatoms. The van der Waals surface area contributed by atoms with Crippen LogP contribution in [0.5, 0.6) is 5.75 Å². The lowest BCUT2D eigenvalue weighted by Gasteiger charge is -2.44. The van der Waals surface area contributed by atoms with E-state index >= 15 is 0 Å². The Balaban J connectivity index is 0.00000207. The van der Waals surface area contributed by atoms with Crippen LogP contribution in [0.2, 0.25) is 0 Å². The molecule has 2 amide bonds. The molecule has 0 spiro atoms. The van der Waals surface area contributed by atoms with E-state index in [1.54, 1.807) is 25.2 Å². The zero-order valence-electron chi connectivity index (χ0n) is 26.0. The van der Waals surface area contributed by atoms with Crippen molar-refractivity contribution in [2.45, 2.75) is 32.7 Å². The topological polar surface area (TPSA) is 78.1 Å². The Morgan fingerprint density at radius 3 is 2.40 bits per heavy atom. The average molecular weight is 585 g/mol. The van der Waals surface area contributed by atoms with Gasteiger partial charge in [0, 0.05) is 68.4 Å². The Morgan fingerprint density at radius 2 is 1.72 bits per heavy atom. The van der Waals surface area contributed by atoms with Gasteiger partial charge in [0.1, 0.15) is 5.75 Å². The van der Waals surface area contributed by atoms with Crippen LogP contribution >= 0.6 is 0 Å². The van der Waals surface area contributed by atoms with E-state index in [1.165, 1.54) is 0 Å². The Morgan fingerprint density at radius 1 is 1.02 bits per heavy atom. The molecule has 3 aromatic rings. The van der Waals surface area contributed by atoms with E-state index in [9.17, 15) is 9.59 Å². The fraction of sp³-hybridized carbons (Fsp3) is 0.371. The number of carbonyl (C=O) groups excluding carboxylic acids is 2. The highest BCUT2D eigenvalue weighted by Crippen LogP contribution is 2.45. The number of benzene rings is 2. The summed E-state index contributed by atoms with van der Waals surface area (Å²) in [4.78, 5) is 37.9. The molecule has 2 atom stereocenters. The van der Waals surface area contributed by atoms with Gasteiger partial charge in [0.2, 0.25) is 5.91 Å². The molecular weight excluding hydrogens is 540 g/mol. The molecule has 0 radical (unpaired) electrons. The number of methoxy groups -OCH3 is 2. The largest absolute Gasteiger partial charge is 0.495 e. The third kappa shape index (κ3) is 6.25. The summed E-state index contributed by atoms with van der Waals surface area (Å²) in [6.07, 6.45) is 7.65. The molecule has 0 aliphatic carbocycles. The second-order valence-electron chi connectivity index (χ2n) is 10.3. The third-order valence-electron chi connectivity index (χ3n) is 8.10. The summed E-state index contributed by atoms with van der Waals surface area (Å²) in [6.45, 7) is 13.3. The lowest BCUT2D eigenvalue weighted by atomic mass is 9.78. The highest BCUT2D eigenvalue weighted by atomic mass is 16.5. The first kappa shape index (κ1) is 31.6. The number of aromatic nitrogens is 1. The lowest BCUT2D eigenvalue weighted by Crippen LogP contribution is -2.54. The van der Waals surface area contributed by atoms with E-state index in [0.29, 0.717) is 44.9 Å². The molecule has 228 valence electrons. The van der Waals surface area contributed by atoms with Crippen LogP contribution in [0.1, 0.15) is 65.5 Å². The molecule has 2 unspecified atom stereocenters. The van der Waals surface area contributed by atoms with Crippen LogP contribution in [0.25, 0.3) is 12.2 Å². The SMILES string of the molecule is C=Cc1c(C2C(C(=O)N3CCN(c4ccccc4OC)CC3)c3ccccc3C(=O)N2CCOC)c[nH]c1/C=C\C.CC. The molecule has 1 aromatic heterocycles. The van der Waals surface area contributed by atoms with Gasteiger partial charge in [-0.1, -0.05) is 62.9 Å². The Kier molecular flexibility index (Phi) is 10.8. The molecule has 43 heavy (non-hydrogen) atoms. The van der Waals surface area contributed by atoms with Crippen LogP contribution in [-0.4, -0.2) is 80.1 Å². The van der Waals surface area contributed by atoms with E-state index in [4.69, 9.17) is 9.47 Å². The van der Waals surface area contributed by atoms with E-state index in [0.717, 1.165) is 33.8 Å². The quantitative estimate of drug-likeness (QED) is 0.334. The van der Waals surface area contributed by atoms with Crippen molar-refractivity contribution in [1.29, 1.82) is 0 Å². The first-order valence-corrected chi connectivity index (χ1v) is 15.1. The van der Waals surface area contributed by atoms with Crippen LogP contribution in [0.3, 0.4) is 0 Å². The highest BCUT2D eigenvalue weighted by molar-refractivity contribution is 6.01. The van der Waals surface area contributed by atoms with Crippen molar-refractivity contribution in [2.75, 3.05) is 58.5 Å². The predicted molar refractivity (Wildman–Crippen MR) is 174 cm³/mol. The number of amides is 2. The molecule has 1 saturated heterocycles. The number of anilines is 1. The summed E-state index contributed by atoms with van der Waals surface area (Å²) in [5.74, 6) is 0.158. The zero-order valence-corrected chi connectivity index (χ0v) is 26.0. The number of H-pyrrole nitrogens is 1. The summed E-state index contributed by atoms with van der Waals surface area (Å²) in [6, 6.07) is 15.0. The maximum absolute atomic E-state index is 14.6. The lowest BCUT2D eigenvalue weighted by molar-refractivity contribution is -0.135. The molecule has 1 fully saturated rings. The normalized spacial score (nSPS) is 18.3. The summed E-state index contributed by atoms with van der Waals surface area (Å²) in [5, 5.41) is 0. The van der Waals surface area contributed by atoms with Crippen molar-refractivity contribution in [3.63, 3.8) is 0 Å². The Hall–Kier alpha value is -4.30. The van der Waals surface area contributed by atoms with Gasteiger partial charge in [0.25, 0.3) is 5.91 Å². The summed E-state index contributed by atoms with van der Waals surface area (Å²) >= 11 is 0. The summed E-state index contributed by atoms with van der Waals surface area (Å²) in [7, 11) is 3.30. The molecular formula is C35H44N4O4. The fourth-order valence-electron chi connectivity index (χ4n) is 6.14. The van der Waals surface area contributed by atoms with Crippen molar-refractivity contribution < 1.29 is 19.1 Å². The number of nitrogens with one attached hydrogen (secondary N) is 1. The number of para-hydroxylation sites is 2. The van der Waals surface area contributed by atoms with Crippen molar-refractivity contribution in [3.8, 4) is 5.75 Å². The van der Waals surface area contributed by atoms with Gasteiger partial charge in [0.15, 0.2) is 0 Å². The van der Waals surface area contributed by atoms with Crippen molar-refractivity contribution in [2.24, 2.45) is 0 Å². The number of carbonyl (C=O) groups is 2. The molecule has 2 aliphatic rings. The van der Waals surface area contributed by atoms with Crippen molar-refractivity contribution in [3.05, 3.63) is 95.3 Å². The van der Waals surface area contributed by atoms with Gasteiger partial charge >= 0.3 is 0 Å². The minimum atomic E-state index is -0.577. The van der Waals surface area contributed by atoms with Crippen LogP contribution in [0.15, 0.2) is 67.4 Å². The number of hydrogen-bond donors (Lipinski definition) is 1. The highest BCUT2D eigenvalue weighted by Gasteiger charge is 2.46. The van der Waals surface area contributed by atoms with Gasteiger partial charge < -0.3 is 29.2 Å². The van der Waals surface area contributed by atoms with Crippen LogP contribution in [0, 0.1) is 0 Å². The molecule has 1 N–H and O–H groups in total. The van der Waals surface area contributed by atoms with E-state index in [1.807, 2.05) is 92.6 Å². The standard InChI is InChI=1S/C33H38N4O4.C2H6/c1-5-11-27-23(6-2)26(22-34-27)31-30(24-12-7-8-13-25(24)32(38)37(31)20-21-40-3)33(39)36-18-16-35(17-19-36)28-14-9-10-15-29(28)41-4;1-2/h5-15,22,30-31,34H,2,16-21H2,1,3-4H3;1-2H3/b11-5-;. The van der Waals surface area contributed by atoms with Gasteiger partial charge in [-0.15, -0.1) is 0 Å².